The van der Waals surface area contributed by atoms with Crippen molar-refractivity contribution in [1.82, 2.24) is 15.3 Å². The van der Waals surface area contributed by atoms with E-state index in [9.17, 15) is 4.79 Å². The van der Waals surface area contributed by atoms with Crippen molar-refractivity contribution in [3.63, 3.8) is 0 Å². The second-order valence-corrected chi connectivity index (χ2v) is 5.29. The van der Waals surface area contributed by atoms with Gasteiger partial charge >= 0.3 is 0 Å². The molecule has 0 atom stereocenters. The number of hydrogen-bond donors (Lipinski definition) is 2. The Morgan fingerprint density at radius 3 is 2.29 bits per heavy atom. The third-order valence-electron chi connectivity index (χ3n) is 1.81. The number of rotatable bonds is 3. The van der Waals surface area contributed by atoms with E-state index in [1.807, 2.05) is 34.6 Å². The Hall–Kier alpha value is -1.65. The summed E-state index contributed by atoms with van der Waals surface area (Å²) < 4.78 is 0. The first-order chi connectivity index (χ1) is 7.78. The number of nitrogens with one attached hydrogen (secondary N) is 2. The van der Waals surface area contributed by atoms with Gasteiger partial charge in [0.1, 0.15) is 11.5 Å². The van der Waals surface area contributed by atoms with Crippen molar-refractivity contribution in [3.05, 3.63) is 18.1 Å². The highest BCUT2D eigenvalue weighted by Crippen LogP contribution is 2.05. The Bertz CT molecular complexity index is 378. The van der Waals surface area contributed by atoms with Crippen LogP contribution in [0.15, 0.2) is 12.4 Å². The van der Waals surface area contributed by atoms with Crippen LogP contribution in [0.2, 0.25) is 0 Å². The van der Waals surface area contributed by atoms with Crippen molar-refractivity contribution in [1.29, 1.82) is 0 Å². The fourth-order valence-electron chi connectivity index (χ4n) is 1.22. The zero-order valence-electron chi connectivity index (χ0n) is 11.0. The molecule has 0 spiro atoms. The van der Waals surface area contributed by atoms with Crippen LogP contribution in [0.1, 0.15) is 45.1 Å². The first kappa shape index (κ1) is 13.4. The van der Waals surface area contributed by atoms with Crippen LogP contribution < -0.4 is 10.6 Å². The summed E-state index contributed by atoms with van der Waals surface area (Å²) in [5.74, 6) is 0.466. The van der Waals surface area contributed by atoms with Crippen molar-refractivity contribution < 1.29 is 4.79 Å². The first-order valence-electron chi connectivity index (χ1n) is 5.69. The predicted octanol–water partition coefficient (Wildman–Crippen LogP) is 1.83. The molecule has 1 aromatic rings. The van der Waals surface area contributed by atoms with Crippen LogP contribution in [0.5, 0.6) is 0 Å². The molecular formula is C12H20N4O. The lowest BCUT2D eigenvalue weighted by Gasteiger charge is -2.20. The van der Waals surface area contributed by atoms with Crippen molar-refractivity contribution in [2.24, 2.45) is 0 Å². The number of hydrogen-bond acceptors (Lipinski definition) is 4. The number of amides is 1. The van der Waals surface area contributed by atoms with Crippen LogP contribution in [0.3, 0.4) is 0 Å². The monoisotopic (exact) mass is 236 g/mol. The Balaban J connectivity index is 2.71. The van der Waals surface area contributed by atoms with Gasteiger partial charge in [-0.3, -0.25) is 4.79 Å². The van der Waals surface area contributed by atoms with Gasteiger partial charge in [-0.25, -0.2) is 9.97 Å². The van der Waals surface area contributed by atoms with Gasteiger partial charge in [0.25, 0.3) is 5.91 Å². The van der Waals surface area contributed by atoms with E-state index in [4.69, 9.17) is 0 Å². The zero-order valence-corrected chi connectivity index (χ0v) is 11.0. The molecule has 1 rings (SSSR count). The summed E-state index contributed by atoms with van der Waals surface area (Å²) in [7, 11) is 0. The molecule has 0 bridgehead atoms. The molecule has 0 aliphatic carbocycles. The smallest absolute Gasteiger partial charge is 0.271 e. The summed E-state index contributed by atoms with van der Waals surface area (Å²) in [6.07, 6.45) is 3.04. The summed E-state index contributed by atoms with van der Waals surface area (Å²) in [6.45, 7) is 9.80. The molecule has 0 aliphatic rings. The molecule has 1 heterocycles. The molecule has 0 fully saturated rings. The minimum atomic E-state index is -0.270. The average Bonchev–Trinajstić information content (AvgIpc) is 2.15. The molecule has 5 heteroatoms. The minimum Gasteiger partial charge on any atom is -0.367 e. The van der Waals surface area contributed by atoms with Gasteiger partial charge in [0.2, 0.25) is 0 Å². The molecule has 5 nitrogen and oxygen atoms in total. The van der Waals surface area contributed by atoms with Crippen LogP contribution in [0.4, 0.5) is 5.82 Å². The number of anilines is 1. The maximum absolute atomic E-state index is 11.8. The van der Waals surface area contributed by atoms with E-state index in [0.29, 0.717) is 17.6 Å². The molecule has 0 radical (unpaired) electrons. The molecule has 0 unspecified atom stereocenters. The second kappa shape index (κ2) is 5.12. The third-order valence-corrected chi connectivity index (χ3v) is 1.81. The van der Waals surface area contributed by atoms with Gasteiger partial charge in [-0.1, -0.05) is 0 Å². The highest BCUT2D eigenvalue weighted by atomic mass is 16.2. The predicted molar refractivity (Wildman–Crippen MR) is 68.0 cm³/mol. The summed E-state index contributed by atoms with van der Waals surface area (Å²) in [5.41, 5.74) is 0.0578. The summed E-state index contributed by atoms with van der Waals surface area (Å²) in [5, 5.41) is 5.95. The van der Waals surface area contributed by atoms with Gasteiger partial charge < -0.3 is 10.6 Å². The van der Waals surface area contributed by atoms with E-state index in [1.54, 1.807) is 6.20 Å². The molecule has 0 saturated heterocycles. The second-order valence-electron chi connectivity index (χ2n) is 5.29. The molecule has 0 saturated carbocycles. The third kappa shape index (κ3) is 4.80. The van der Waals surface area contributed by atoms with Crippen LogP contribution in [-0.2, 0) is 0 Å². The Morgan fingerprint density at radius 2 is 1.88 bits per heavy atom. The lowest BCUT2D eigenvalue weighted by molar-refractivity contribution is 0.0914. The van der Waals surface area contributed by atoms with Crippen molar-refractivity contribution in [2.75, 3.05) is 5.32 Å². The van der Waals surface area contributed by atoms with Gasteiger partial charge in [-0.15, -0.1) is 0 Å². The Labute approximate surface area is 102 Å². The van der Waals surface area contributed by atoms with Gasteiger partial charge in [0, 0.05) is 11.6 Å². The zero-order chi connectivity index (χ0) is 13.1. The highest BCUT2D eigenvalue weighted by Gasteiger charge is 2.16. The quantitative estimate of drug-likeness (QED) is 0.840. The first-order valence-corrected chi connectivity index (χ1v) is 5.69. The largest absolute Gasteiger partial charge is 0.367 e. The number of aromatic nitrogens is 2. The van der Waals surface area contributed by atoms with E-state index in [-0.39, 0.29) is 11.4 Å². The molecule has 1 amide bonds. The molecule has 0 aromatic carbocycles. The normalized spacial score (nSPS) is 11.4. The summed E-state index contributed by atoms with van der Waals surface area (Å²) in [4.78, 5) is 20.0. The van der Waals surface area contributed by atoms with E-state index < -0.39 is 0 Å². The molecule has 2 N–H and O–H groups in total. The Kier molecular flexibility index (Phi) is 4.04. The van der Waals surface area contributed by atoms with Crippen molar-refractivity contribution >= 4 is 11.7 Å². The number of carbonyl (C=O) groups excluding carboxylic acids is 1. The van der Waals surface area contributed by atoms with Gasteiger partial charge in [0.15, 0.2) is 0 Å². The van der Waals surface area contributed by atoms with Gasteiger partial charge in [0.05, 0.1) is 12.4 Å². The maximum Gasteiger partial charge on any atom is 0.271 e. The molecule has 17 heavy (non-hydrogen) atoms. The Morgan fingerprint density at radius 1 is 1.24 bits per heavy atom. The summed E-state index contributed by atoms with van der Waals surface area (Å²) >= 11 is 0. The molecule has 0 aliphatic heterocycles. The molecule has 1 aromatic heterocycles. The topological polar surface area (TPSA) is 66.9 Å². The van der Waals surface area contributed by atoms with E-state index in [2.05, 4.69) is 20.6 Å². The number of nitrogens with zero attached hydrogens (tertiary/aromatic N) is 2. The van der Waals surface area contributed by atoms with Crippen LogP contribution in [0, 0.1) is 0 Å². The van der Waals surface area contributed by atoms with Crippen LogP contribution >= 0.6 is 0 Å². The van der Waals surface area contributed by atoms with E-state index in [1.165, 1.54) is 6.20 Å². The molecular weight excluding hydrogens is 216 g/mol. The van der Waals surface area contributed by atoms with Crippen molar-refractivity contribution in [2.45, 2.75) is 46.2 Å². The van der Waals surface area contributed by atoms with Gasteiger partial charge in [-0.05, 0) is 34.6 Å². The molecule has 94 valence electrons. The lowest BCUT2D eigenvalue weighted by atomic mass is 10.1. The number of carbonyl (C=O) groups is 1. The van der Waals surface area contributed by atoms with E-state index >= 15 is 0 Å². The maximum atomic E-state index is 11.8. The minimum absolute atomic E-state index is 0.207. The van der Waals surface area contributed by atoms with Crippen LogP contribution in [-0.4, -0.2) is 27.5 Å². The average molecular weight is 236 g/mol. The van der Waals surface area contributed by atoms with Gasteiger partial charge in [-0.2, -0.15) is 0 Å². The summed E-state index contributed by atoms with van der Waals surface area (Å²) in [6, 6.07) is 0.290. The fourth-order valence-corrected chi connectivity index (χ4v) is 1.22. The van der Waals surface area contributed by atoms with Crippen molar-refractivity contribution in [3.8, 4) is 0 Å². The lowest BCUT2D eigenvalue weighted by Crippen LogP contribution is -2.41. The SMILES string of the molecule is CC(C)Nc1cnc(C(=O)NC(C)(C)C)cn1. The van der Waals surface area contributed by atoms with Crippen LogP contribution in [0.25, 0.3) is 0 Å². The standard InChI is InChI=1S/C12H20N4O/c1-8(2)15-10-7-13-9(6-14-10)11(17)16-12(3,4)5/h6-8H,1-5H3,(H,14,15)(H,16,17). The van der Waals surface area contributed by atoms with E-state index in [0.717, 1.165) is 0 Å². The fraction of sp³-hybridized carbons (Fsp3) is 0.583. The highest BCUT2D eigenvalue weighted by molar-refractivity contribution is 5.92.